The topological polar surface area (TPSA) is 77.8 Å². The van der Waals surface area contributed by atoms with Crippen LogP contribution in [0.2, 0.25) is 5.02 Å². The van der Waals surface area contributed by atoms with Crippen LogP contribution in [0.25, 0.3) is 11.6 Å². The van der Waals surface area contributed by atoms with Crippen LogP contribution in [0, 0.1) is 0 Å². The van der Waals surface area contributed by atoms with Crippen molar-refractivity contribution in [3.63, 3.8) is 0 Å². The van der Waals surface area contributed by atoms with Crippen LogP contribution >= 0.6 is 22.9 Å². The predicted octanol–water partition coefficient (Wildman–Crippen LogP) is 3.02. The Hall–Kier alpha value is -1.92. The maximum atomic E-state index is 5.83. The maximum Gasteiger partial charge on any atom is 0.277 e. The van der Waals surface area contributed by atoms with Crippen LogP contribution in [0.5, 0.6) is 0 Å². The molecule has 5 nitrogen and oxygen atoms in total. The zero-order valence-electron chi connectivity index (χ0n) is 9.71. The van der Waals surface area contributed by atoms with Gasteiger partial charge < -0.3 is 10.3 Å². The molecule has 3 aromatic rings. The van der Waals surface area contributed by atoms with Crippen LogP contribution in [0.15, 0.2) is 34.2 Å². The quantitative estimate of drug-likeness (QED) is 0.803. The van der Waals surface area contributed by atoms with Gasteiger partial charge in [0.25, 0.3) is 5.89 Å². The Kier molecular flexibility index (Phi) is 3.18. The van der Waals surface area contributed by atoms with Crippen LogP contribution in [-0.4, -0.2) is 15.1 Å². The third kappa shape index (κ3) is 2.74. The summed E-state index contributed by atoms with van der Waals surface area (Å²) in [5, 5.41) is 6.89. The Labute approximate surface area is 118 Å². The summed E-state index contributed by atoms with van der Waals surface area (Å²) in [5.41, 5.74) is 7.24. The van der Waals surface area contributed by atoms with Crippen molar-refractivity contribution in [1.82, 2.24) is 15.1 Å². The lowest BCUT2D eigenvalue weighted by Crippen LogP contribution is -1.90. The Morgan fingerprint density at radius 2 is 2.00 bits per heavy atom. The van der Waals surface area contributed by atoms with Gasteiger partial charge in [0, 0.05) is 16.8 Å². The molecule has 0 radical (unpaired) electrons. The molecule has 19 heavy (non-hydrogen) atoms. The highest BCUT2D eigenvalue weighted by Crippen LogP contribution is 2.22. The second-order valence-corrected chi connectivity index (χ2v) is 5.22. The molecule has 2 aromatic heterocycles. The minimum atomic E-state index is 0.386. The van der Waals surface area contributed by atoms with E-state index in [-0.39, 0.29) is 0 Å². The normalized spacial score (nSPS) is 10.8. The number of thiazole rings is 1. The molecule has 0 saturated carbocycles. The van der Waals surface area contributed by atoms with E-state index in [1.54, 1.807) is 5.38 Å². The summed E-state index contributed by atoms with van der Waals surface area (Å²) in [6.45, 7) is 0. The number of nitrogens with two attached hydrogens (primary N) is 1. The molecule has 7 heteroatoms. The number of halogens is 1. The molecule has 3 rings (SSSR count). The average Bonchev–Trinajstić information content (AvgIpc) is 3.01. The highest BCUT2D eigenvalue weighted by atomic mass is 35.5. The van der Waals surface area contributed by atoms with Crippen molar-refractivity contribution in [2.45, 2.75) is 6.42 Å². The van der Waals surface area contributed by atoms with Gasteiger partial charge in [0.1, 0.15) is 5.69 Å². The van der Waals surface area contributed by atoms with Crippen LogP contribution in [-0.2, 0) is 6.42 Å². The van der Waals surface area contributed by atoms with Gasteiger partial charge in [-0.15, -0.1) is 11.3 Å². The van der Waals surface area contributed by atoms with Gasteiger partial charge in [-0.3, -0.25) is 0 Å². The highest BCUT2D eigenvalue weighted by molar-refractivity contribution is 7.13. The Morgan fingerprint density at radius 3 is 2.68 bits per heavy atom. The lowest BCUT2D eigenvalue weighted by atomic mass is 10.1. The summed E-state index contributed by atoms with van der Waals surface area (Å²) in [5.74, 6) is 0.987. The third-order valence-corrected chi connectivity index (χ3v) is 3.41. The first-order chi connectivity index (χ1) is 9.20. The van der Waals surface area contributed by atoms with Crippen molar-refractivity contribution in [3.8, 4) is 11.6 Å². The molecule has 0 fully saturated rings. The first-order valence-corrected chi connectivity index (χ1v) is 6.75. The summed E-state index contributed by atoms with van der Waals surface area (Å²) in [6, 6.07) is 7.52. The number of hydrogen-bond donors (Lipinski definition) is 1. The zero-order valence-corrected chi connectivity index (χ0v) is 11.3. The van der Waals surface area contributed by atoms with Crippen molar-refractivity contribution >= 4 is 28.1 Å². The Morgan fingerprint density at radius 1 is 1.21 bits per heavy atom. The van der Waals surface area contributed by atoms with E-state index < -0.39 is 0 Å². The van der Waals surface area contributed by atoms with Gasteiger partial charge in [-0.1, -0.05) is 28.9 Å². The van der Waals surface area contributed by atoms with Gasteiger partial charge in [-0.2, -0.15) is 4.98 Å². The van der Waals surface area contributed by atoms with Gasteiger partial charge >= 0.3 is 0 Å². The van der Waals surface area contributed by atoms with Gasteiger partial charge in [-0.25, -0.2) is 4.98 Å². The molecule has 0 aliphatic rings. The molecule has 0 saturated heterocycles. The molecular formula is C12H9ClN4OS. The number of rotatable bonds is 3. The van der Waals surface area contributed by atoms with Gasteiger partial charge in [0.05, 0.1) is 0 Å². The second kappa shape index (κ2) is 4.99. The molecule has 0 spiro atoms. The van der Waals surface area contributed by atoms with E-state index >= 15 is 0 Å². The third-order valence-electron chi connectivity index (χ3n) is 2.48. The summed E-state index contributed by atoms with van der Waals surface area (Å²) >= 11 is 7.17. The van der Waals surface area contributed by atoms with Crippen LogP contribution < -0.4 is 5.73 Å². The van der Waals surface area contributed by atoms with Crippen LogP contribution in [0.4, 0.5) is 5.13 Å². The van der Waals surface area contributed by atoms with E-state index in [0.29, 0.717) is 34.0 Å². The molecule has 2 heterocycles. The zero-order chi connectivity index (χ0) is 13.2. The number of nitrogen functional groups attached to an aromatic ring is 1. The molecule has 0 aliphatic carbocycles. The largest absolute Gasteiger partial charge is 0.375 e. The van der Waals surface area contributed by atoms with Gasteiger partial charge in [0.2, 0.25) is 0 Å². The number of anilines is 1. The van der Waals surface area contributed by atoms with Crippen LogP contribution in [0.3, 0.4) is 0 Å². The molecule has 1 aromatic carbocycles. The number of aromatic nitrogens is 3. The van der Waals surface area contributed by atoms with Crippen molar-refractivity contribution in [3.05, 3.63) is 46.1 Å². The van der Waals surface area contributed by atoms with Gasteiger partial charge in [-0.05, 0) is 17.7 Å². The predicted molar refractivity (Wildman–Crippen MR) is 74.1 cm³/mol. The molecule has 96 valence electrons. The minimum absolute atomic E-state index is 0.386. The lowest BCUT2D eigenvalue weighted by Gasteiger charge is -1.95. The standard InChI is InChI=1S/C12H9ClN4OS/c13-8-3-1-7(2-4-8)5-10-16-11(18-17-10)9-6-19-12(14)15-9/h1-4,6H,5H2,(H2,14,15). The fourth-order valence-corrected chi connectivity index (χ4v) is 2.26. The summed E-state index contributed by atoms with van der Waals surface area (Å²) in [4.78, 5) is 8.38. The molecule has 0 amide bonds. The number of hydrogen-bond acceptors (Lipinski definition) is 6. The van der Waals surface area contributed by atoms with E-state index in [4.69, 9.17) is 21.9 Å². The number of benzene rings is 1. The van der Waals surface area contributed by atoms with E-state index in [1.807, 2.05) is 24.3 Å². The second-order valence-electron chi connectivity index (χ2n) is 3.89. The SMILES string of the molecule is Nc1nc(-c2nc(Cc3ccc(Cl)cc3)no2)cs1. The molecule has 0 bridgehead atoms. The Balaban J connectivity index is 1.80. The molecule has 0 unspecified atom stereocenters. The number of nitrogens with zero attached hydrogens (tertiary/aromatic N) is 3. The molecule has 0 aliphatic heterocycles. The summed E-state index contributed by atoms with van der Waals surface area (Å²) in [6.07, 6.45) is 0.584. The monoisotopic (exact) mass is 292 g/mol. The van der Waals surface area contributed by atoms with Crippen molar-refractivity contribution in [2.75, 3.05) is 5.73 Å². The van der Waals surface area contributed by atoms with Crippen molar-refractivity contribution in [2.24, 2.45) is 0 Å². The van der Waals surface area contributed by atoms with Crippen molar-refractivity contribution in [1.29, 1.82) is 0 Å². The van der Waals surface area contributed by atoms with Crippen LogP contribution in [0.1, 0.15) is 11.4 Å². The first-order valence-electron chi connectivity index (χ1n) is 5.49. The molecular weight excluding hydrogens is 284 g/mol. The van der Waals surface area contributed by atoms with Gasteiger partial charge in [0.15, 0.2) is 11.0 Å². The fraction of sp³-hybridized carbons (Fsp3) is 0.0833. The average molecular weight is 293 g/mol. The minimum Gasteiger partial charge on any atom is -0.375 e. The van der Waals surface area contributed by atoms with Crippen molar-refractivity contribution < 1.29 is 4.52 Å². The smallest absolute Gasteiger partial charge is 0.277 e. The van der Waals surface area contributed by atoms with E-state index in [9.17, 15) is 0 Å². The first kappa shape index (κ1) is 12.1. The van der Waals surface area contributed by atoms with E-state index in [1.165, 1.54) is 11.3 Å². The summed E-state index contributed by atoms with van der Waals surface area (Å²) in [7, 11) is 0. The lowest BCUT2D eigenvalue weighted by molar-refractivity contribution is 0.423. The molecule has 0 atom stereocenters. The Bertz CT molecular complexity index is 692. The van der Waals surface area contributed by atoms with E-state index in [2.05, 4.69) is 15.1 Å². The highest BCUT2D eigenvalue weighted by Gasteiger charge is 2.12. The fourth-order valence-electron chi connectivity index (χ4n) is 1.60. The summed E-state index contributed by atoms with van der Waals surface area (Å²) < 4.78 is 5.16. The van der Waals surface area contributed by atoms with E-state index in [0.717, 1.165) is 5.56 Å². The molecule has 2 N–H and O–H groups in total. The maximum absolute atomic E-state index is 5.83.